The maximum Gasteiger partial charge on any atom is 0.339 e. The van der Waals surface area contributed by atoms with Crippen molar-refractivity contribution in [2.75, 3.05) is 13.2 Å². The normalized spacial score (nSPS) is 20.5. The minimum absolute atomic E-state index is 0.357. The molecule has 2 rings (SSSR count). The Balaban J connectivity index is 1.95. The van der Waals surface area contributed by atoms with Gasteiger partial charge in [0.2, 0.25) is 0 Å². The molecule has 0 radical (unpaired) electrons. The lowest BCUT2D eigenvalue weighted by Crippen LogP contribution is -2.28. The first-order valence-corrected chi connectivity index (χ1v) is 5.22. The van der Waals surface area contributed by atoms with Crippen LogP contribution >= 0.6 is 0 Å². The topological polar surface area (TPSA) is 51.5 Å². The van der Waals surface area contributed by atoms with Crippen LogP contribution in [-0.2, 0) is 0 Å². The molecule has 1 saturated heterocycles. The van der Waals surface area contributed by atoms with Crippen LogP contribution in [0.1, 0.15) is 18.6 Å². The Morgan fingerprint density at radius 1 is 1.60 bits per heavy atom. The van der Waals surface area contributed by atoms with E-state index in [2.05, 4.69) is 5.32 Å². The van der Waals surface area contributed by atoms with Gasteiger partial charge in [-0.3, -0.25) is 0 Å². The Morgan fingerprint density at radius 3 is 3.13 bits per heavy atom. The maximum absolute atomic E-state index is 11.0. The van der Waals surface area contributed by atoms with Crippen LogP contribution in [-0.4, -0.2) is 19.2 Å². The van der Waals surface area contributed by atoms with Crippen LogP contribution in [0.4, 0.5) is 0 Å². The molecule has 0 bridgehead atoms. The third-order valence-electron chi connectivity index (χ3n) is 2.48. The molecule has 1 aliphatic heterocycles. The quantitative estimate of drug-likeness (QED) is 0.809. The van der Waals surface area contributed by atoms with Crippen LogP contribution in [0.25, 0.3) is 0 Å². The first-order chi connectivity index (χ1) is 7.24. The van der Waals surface area contributed by atoms with Gasteiger partial charge in [0.25, 0.3) is 0 Å². The van der Waals surface area contributed by atoms with Gasteiger partial charge in [0, 0.05) is 12.1 Å². The molecule has 0 aromatic carbocycles. The molecular weight excluding hydrogens is 194 g/mol. The van der Waals surface area contributed by atoms with Crippen molar-refractivity contribution in [2.24, 2.45) is 0 Å². The van der Waals surface area contributed by atoms with Crippen molar-refractivity contribution < 1.29 is 9.15 Å². The monoisotopic (exact) mass is 209 g/mol. The summed E-state index contributed by atoms with van der Waals surface area (Å²) in [6, 6.07) is 3.52. The Bertz CT molecular complexity index is 380. The van der Waals surface area contributed by atoms with Crippen LogP contribution in [0, 0.1) is 6.92 Å². The van der Waals surface area contributed by atoms with E-state index in [0.717, 1.165) is 13.0 Å². The van der Waals surface area contributed by atoms with E-state index < -0.39 is 0 Å². The molecule has 1 aromatic heterocycles. The van der Waals surface area contributed by atoms with Gasteiger partial charge in [-0.25, -0.2) is 4.79 Å². The van der Waals surface area contributed by atoms with Crippen LogP contribution in [0.2, 0.25) is 0 Å². The van der Waals surface area contributed by atoms with Gasteiger partial charge in [-0.1, -0.05) is 0 Å². The molecule has 4 heteroatoms. The lowest BCUT2D eigenvalue weighted by Gasteiger charge is -2.11. The lowest BCUT2D eigenvalue weighted by atomic mass is 10.2. The summed E-state index contributed by atoms with van der Waals surface area (Å²) in [7, 11) is 0. The van der Waals surface area contributed by atoms with Gasteiger partial charge in [0.15, 0.2) is 0 Å². The fraction of sp³-hybridized carbons (Fsp3) is 0.545. The summed E-state index contributed by atoms with van der Waals surface area (Å²) in [4.78, 5) is 11.0. The first-order valence-electron chi connectivity index (χ1n) is 5.22. The van der Waals surface area contributed by atoms with Crippen molar-refractivity contribution in [3.63, 3.8) is 0 Å². The van der Waals surface area contributed by atoms with Crippen molar-refractivity contribution >= 4 is 0 Å². The fourth-order valence-corrected chi connectivity index (χ4v) is 1.75. The Morgan fingerprint density at radius 2 is 2.47 bits per heavy atom. The maximum atomic E-state index is 11.0. The van der Waals surface area contributed by atoms with Gasteiger partial charge in [-0.2, -0.15) is 0 Å². The Hall–Kier alpha value is -1.29. The number of hydrogen-bond acceptors (Lipinski definition) is 4. The third-order valence-corrected chi connectivity index (χ3v) is 2.48. The standard InChI is InChI=1S/C11H15NO3/c1-8-5-10(6-11(13)15-8)14-7-9-3-2-4-12-9/h5-6,9,12H,2-4,7H2,1H3/t9-/m1/s1. The Labute approximate surface area is 88.2 Å². The second-order valence-corrected chi connectivity index (χ2v) is 3.83. The smallest absolute Gasteiger partial charge is 0.339 e. The summed E-state index contributed by atoms with van der Waals surface area (Å²) in [6.07, 6.45) is 2.34. The van der Waals surface area contributed by atoms with Gasteiger partial charge >= 0.3 is 5.63 Å². The van der Waals surface area contributed by atoms with Crippen LogP contribution in [0.3, 0.4) is 0 Å². The molecule has 1 fully saturated rings. The molecule has 0 aliphatic carbocycles. The van der Waals surface area contributed by atoms with Crippen molar-refractivity contribution in [3.8, 4) is 5.75 Å². The predicted octanol–water partition coefficient (Wildman–Crippen LogP) is 1.08. The molecule has 0 spiro atoms. The van der Waals surface area contributed by atoms with Crippen molar-refractivity contribution in [1.82, 2.24) is 5.32 Å². The molecule has 1 aliphatic rings. The fourth-order valence-electron chi connectivity index (χ4n) is 1.75. The summed E-state index contributed by atoms with van der Waals surface area (Å²) in [6.45, 7) is 3.41. The molecule has 1 N–H and O–H groups in total. The zero-order chi connectivity index (χ0) is 10.7. The molecule has 0 amide bonds. The van der Waals surface area contributed by atoms with Crippen molar-refractivity contribution in [2.45, 2.75) is 25.8 Å². The molecular formula is C11H15NO3. The lowest BCUT2D eigenvalue weighted by molar-refractivity contribution is 0.273. The van der Waals surface area contributed by atoms with Gasteiger partial charge < -0.3 is 14.5 Å². The summed E-state index contributed by atoms with van der Waals surface area (Å²) in [5, 5.41) is 3.33. The minimum atomic E-state index is -0.357. The van der Waals surface area contributed by atoms with E-state index in [9.17, 15) is 4.79 Å². The zero-order valence-corrected chi connectivity index (χ0v) is 8.79. The summed E-state index contributed by atoms with van der Waals surface area (Å²) >= 11 is 0. The largest absolute Gasteiger partial charge is 0.492 e. The molecule has 82 valence electrons. The van der Waals surface area contributed by atoms with E-state index >= 15 is 0 Å². The van der Waals surface area contributed by atoms with Crippen LogP contribution in [0.5, 0.6) is 5.75 Å². The summed E-state index contributed by atoms with van der Waals surface area (Å²) in [5.74, 6) is 1.18. The third kappa shape index (κ3) is 2.83. The van der Waals surface area contributed by atoms with Gasteiger partial charge in [-0.15, -0.1) is 0 Å². The predicted molar refractivity (Wildman–Crippen MR) is 56.2 cm³/mol. The SMILES string of the molecule is Cc1cc(OC[C@H]2CCCN2)cc(=O)o1. The van der Waals surface area contributed by atoms with E-state index in [1.165, 1.54) is 12.5 Å². The summed E-state index contributed by atoms with van der Waals surface area (Å²) in [5.41, 5.74) is -0.357. The number of nitrogens with one attached hydrogen (secondary N) is 1. The van der Waals surface area contributed by atoms with E-state index in [1.807, 2.05) is 0 Å². The number of hydrogen-bond donors (Lipinski definition) is 1. The zero-order valence-electron chi connectivity index (χ0n) is 8.79. The second-order valence-electron chi connectivity index (χ2n) is 3.83. The average Bonchev–Trinajstić information content (AvgIpc) is 2.65. The highest BCUT2D eigenvalue weighted by atomic mass is 16.5. The van der Waals surface area contributed by atoms with Crippen LogP contribution in [0.15, 0.2) is 21.3 Å². The molecule has 1 atom stereocenters. The van der Waals surface area contributed by atoms with Gasteiger partial charge in [0.1, 0.15) is 18.1 Å². The van der Waals surface area contributed by atoms with Crippen molar-refractivity contribution in [1.29, 1.82) is 0 Å². The highest BCUT2D eigenvalue weighted by molar-refractivity contribution is 5.19. The minimum Gasteiger partial charge on any atom is -0.492 e. The van der Waals surface area contributed by atoms with Gasteiger partial charge in [-0.05, 0) is 26.3 Å². The van der Waals surface area contributed by atoms with E-state index in [-0.39, 0.29) is 5.63 Å². The number of aryl methyl sites for hydroxylation is 1. The highest BCUT2D eigenvalue weighted by Crippen LogP contribution is 2.12. The molecule has 15 heavy (non-hydrogen) atoms. The van der Waals surface area contributed by atoms with E-state index in [1.54, 1.807) is 13.0 Å². The molecule has 0 unspecified atom stereocenters. The Kier molecular flexibility index (Phi) is 3.06. The van der Waals surface area contributed by atoms with E-state index in [0.29, 0.717) is 24.2 Å². The molecule has 0 saturated carbocycles. The van der Waals surface area contributed by atoms with Crippen molar-refractivity contribution in [3.05, 3.63) is 28.3 Å². The molecule has 2 heterocycles. The van der Waals surface area contributed by atoms with E-state index in [4.69, 9.17) is 9.15 Å². The summed E-state index contributed by atoms with van der Waals surface area (Å²) < 4.78 is 10.4. The number of ether oxygens (including phenoxy) is 1. The van der Waals surface area contributed by atoms with Crippen LogP contribution < -0.4 is 15.7 Å². The van der Waals surface area contributed by atoms with Gasteiger partial charge in [0.05, 0.1) is 6.07 Å². The average molecular weight is 209 g/mol. The first kappa shape index (κ1) is 10.2. The molecule has 4 nitrogen and oxygen atoms in total. The molecule has 1 aromatic rings. The highest BCUT2D eigenvalue weighted by Gasteiger charge is 2.14. The number of rotatable bonds is 3. The second kappa shape index (κ2) is 4.49.